The van der Waals surface area contributed by atoms with Crippen LogP contribution < -0.4 is 0 Å². The zero-order chi connectivity index (χ0) is 17.9. The second-order valence-corrected chi connectivity index (χ2v) is 7.30. The van der Waals surface area contributed by atoms with Crippen molar-refractivity contribution in [1.82, 2.24) is 24.6 Å². The van der Waals surface area contributed by atoms with E-state index in [-0.39, 0.29) is 12.0 Å². The Bertz CT molecular complexity index is 892. The number of amides is 1. The van der Waals surface area contributed by atoms with E-state index in [0.29, 0.717) is 31.9 Å². The second-order valence-electron chi connectivity index (χ2n) is 6.24. The lowest BCUT2D eigenvalue weighted by atomic mass is 10.2. The normalized spacial score (nSPS) is 17.0. The number of hydrogen-bond acceptors (Lipinski definition) is 6. The van der Waals surface area contributed by atoms with E-state index in [1.54, 1.807) is 23.5 Å². The molecule has 0 fully saturated rings. The van der Waals surface area contributed by atoms with Gasteiger partial charge in [0.2, 0.25) is 0 Å². The van der Waals surface area contributed by atoms with Gasteiger partial charge in [-0.15, -0.1) is 11.3 Å². The van der Waals surface area contributed by atoms with Crippen molar-refractivity contribution in [2.75, 3.05) is 6.54 Å². The molecule has 1 amide bonds. The van der Waals surface area contributed by atoms with Crippen molar-refractivity contribution in [3.63, 3.8) is 0 Å². The zero-order valence-corrected chi connectivity index (χ0v) is 15.2. The molecule has 1 aliphatic rings. The molecule has 8 heteroatoms. The SMILES string of the molecule is Cc1nc(C(=O)N2Cc3ccnn3CC(OCc3cccnc3)C2)cs1. The minimum Gasteiger partial charge on any atom is -0.370 e. The molecule has 3 aromatic rings. The number of nitrogens with zero attached hydrogens (tertiary/aromatic N) is 5. The Kier molecular flexibility index (Phi) is 4.77. The fraction of sp³-hybridized carbons (Fsp3) is 0.333. The lowest BCUT2D eigenvalue weighted by molar-refractivity contribution is 0.00893. The molecule has 0 aliphatic carbocycles. The van der Waals surface area contributed by atoms with Crippen LogP contribution in [0.5, 0.6) is 0 Å². The Balaban J connectivity index is 1.52. The van der Waals surface area contributed by atoms with Crippen LogP contribution in [-0.2, 0) is 24.4 Å². The molecule has 0 saturated carbocycles. The summed E-state index contributed by atoms with van der Waals surface area (Å²) in [5, 5.41) is 7.06. The van der Waals surface area contributed by atoms with Crippen LogP contribution in [0, 0.1) is 6.92 Å². The van der Waals surface area contributed by atoms with Gasteiger partial charge < -0.3 is 9.64 Å². The summed E-state index contributed by atoms with van der Waals surface area (Å²) in [7, 11) is 0. The van der Waals surface area contributed by atoms with E-state index >= 15 is 0 Å². The molecule has 0 N–H and O–H groups in total. The first-order valence-corrected chi connectivity index (χ1v) is 9.29. The predicted octanol–water partition coefficient (Wildman–Crippen LogP) is 2.28. The van der Waals surface area contributed by atoms with Gasteiger partial charge in [0.25, 0.3) is 5.91 Å². The van der Waals surface area contributed by atoms with Crippen LogP contribution in [-0.4, -0.2) is 43.2 Å². The van der Waals surface area contributed by atoms with Crippen LogP contribution in [0.25, 0.3) is 0 Å². The summed E-state index contributed by atoms with van der Waals surface area (Å²) in [4.78, 5) is 23.1. The summed E-state index contributed by atoms with van der Waals surface area (Å²) in [5.41, 5.74) is 2.50. The molecule has 134 valence electrons. The molecule has 1 atom stereocenters. The van der Waals surface area contributed by atoms with Gasteiger partial charge in [-0.2, -0.15) is 5.10 Å². The van der Waals surface area contributed by atoms with Gasteiger partial charge in [-0.3, -0.25) is 14.5 Å². The molecule has 4 rings (SSSR count). The van der Waals surface area contributed by atoms with E-state index in [4.69, 9.17) is 4.74 Å². The standard InChI is InChI=1S/C18H19N5O2S/c1-13-21-17(12-26-13)18(24)22-8-15-4-6-20-23(15)10-16(9-22)25-11-14-3-2-5-19-7-14/h2-7,12,16H,8-11H2,1H3. The first-order chi connectivity index (χ1) is 12.7. The van der Waals surface area contributed by atoms with Crippen molar-refractivity contribution in [1.29, 1.82) is 0 Å². The van der Waals surface area contributed by atoms with Crippen LogP contribution >= 0.6 is 11.3 Å². The zero-order valence-electron chi connectivity index (χ0n) is 14.4. The number of thiazole rings is 1. The molecule has 3 aromatic heterocycles. The van der Waals surface area contributed by atoms with Crippen molar-refractivity contribution in [2.24, 2.45) is 0 Å². The highest BCUT2D eigenvalue weighted by molar-refractivity contribution is 7.09. The van der Waals surface area contributed by atoms with Crippen LogP contribution in [0.2, 0.25) is 0 Å². The van der Waals surface area contributed by atoms with E-state index in [1.807, 2.05) is 35.2 Å². The Morgan fingerprint density at radius 3 is 3.04 bits per heavy atom. The minimum absolute atomic E-state index is 0.0704. The highest BCUT2D eigenvalue weighted by atomic mass is 32.1. The molecule has 4 heterocycles. The molecular weight excluding hydrogens is 350 g/mol. The molecule has 0 bridgehead atoms. The van der Waals surface area contributed by atoms with Gasteiger partial charge in [-0.05, 0) is 24.6 Å². The smallest absolute Gasteiger partial charge is 0.273 e. The highest BCUT2D eigenvalue weighted by Crippen LogP contribution is 2.18. The summed E-state index contributed by atoms with van der Waals surface area (Å²) in [6.07, 6.45) is 5.13. The van der Waals surface area contributed by atoms with E-state index in [9.17, 15) is 4.79 Å². The number of rotatable bonds is 4. The Labute approximate surface area is 155 Å². The van der Waals surface area contributed by atoms with Gasteiger partial charge in [-0.1, -0.05) is 6.07 Å². The molecule has 1 unspecified atom stereocenters. The first-order valence-electron chi connectivity index (χ1n) is 8.41. The highest BCUT2D eigenvalue weighted by Gasteiger charge is 2.27. The average Bonchev–Trinajstić information content (AvgIpc) is 3.24. The number of aromatic nitrogens is 4. The molecule has 1 aliphatic heterocycles. The summed E-state index contributed by atoms with van der Waals surface area (Å²) in [6.45, 7) is 3.97. The maximum atomic E-state index is 12.9. The number of aryl methyl sites for hydroxylation is 1. The molecular formula is C18H19N5O2S. The van der Waals surface area contributed by atoms with Gasteiger partial charge >= 0.3 is 0 Å². The van der Waals surface area contributed by atoms with Crippen molar-refractivity contribution in [3.05, 3.63) is 64.1 Å². The minimum atomic E-state index is -0.153. The number of hydrogen-bond donors (Lipinski definition) is 0. The molecule has 26 heavy (non-hydrogen) atoms. The number of carbonyl (C=O) groups is 1. The van der Waals surface area contributed by atoms with Gasteiger partial charge in [0.1, 0.15) is 5.69 Å². The number of carbonyl (C=O) groups excluding carboxylic acids is 1. The monoisotopic (exact) mass is 369 g/mol. The third-order valence-corrected chi connectivity index (χ3v) is 5.07. The third kappa shape index (κ3) is 3.66. The third-order valence-electron chi connectivity index (χ3n) is 4.29. The maximum absolute atomic E-state index is 12.9. The molecule has 0 saturated heterocycles. The van der Waals surface area contributed by atoms with Gasteiger partial charge in [0.15, 0.2) is 0 Å². The molecule has 7 nitrogen and oxygen atoms in total. The van der Waals surface area contributed by atoms with Crippen molar-refractivity contribution < 1.29 is 9.53 Å². The fourth-order valence-electron chi connectivity index (χ4n) is 3.00. The topological polar surface area (TPSA) is 73.1 Å². The van der Waals surface area contributed by atoms with Gasteiger partial charge in [-0.25, -0.2) is 4.98 Å². The van der Waals surface area contributed by atoms with Crippen LogP contribution in [0.3, 0.4) is 0 Å². The van der Waals surface area contributed by atoms with E-state index < -0.39 is 0 Å². The number of fused-ring (bicyclic) bond motifs is 1. The van der Waals surface area contributed by atoms with Gasteiger partial charge in [0, 0.05) is 30.5 Å². The number of ether oxygens (including phenoxy) is 1. The maximum Gasteiger partial charge on any atom is 0.273 e. The predicted molar refractivity (Wildman–Crippen MR) is 96.6 cm³/mol. The molecule has 0 aromatic carbocycles. The average molecular weight is 369 g/mol. The molecule has 0 spiro atoms. The van der Waals surface area contributed by atoms with Crippen molar-refractivity contribution in [2.45, 2.75) is 32.7 Å². The van der Waals surface area contributed by atoms with Gasteiger partial charge in [0.05, 0.1) is 36.5 Å². The largest absolute Gasteiger partial charge is 0.370 e. The summed E-state index contributed by atoms with van der Waals surface area (Å²) >= 11 is 1.48. The fourth-order valence-corrected chi connectivity index (χ4v) is 3.58. The summed E-state index contributed by atoms with van der Waals surface area (Å²) in [6, 6.07) is 5.80. The molecule has 0 radical (unpaired) electrons. The Morgan fingerprint density at radius 2 is 2.27 bits per heavy atom. The second kappa shape index (κ2) is 7.35. The lowest BCUT2D eigenvalue weighted by Crippen LogP contribution is -2.37. The first kappa shape index (κ1) is 16.9. The number of pyridine rings is 1. The van der Waals surface area contributed by atoms with Crippen molar-refractivity contribution >= 4 is 17.2 Å². The van der Waals surface area contributed by atoms with Crippen molar-refractivity contribution in [3.8, 4) is 0 Å². The van der Waals surface area contributed by atoms with E-state index in [1.165, 1.54) is 11.3 Å². The quantitative estimate of drug-likeness (QED) is 0.705. The lowest BCUT2D eigenvalue weighted by Gasteiger charge is -2.23. The van der Waals surface area contributed by atoms with E-state index in [2.05, 4.69) is 15.1 Å². The Morgan fingerprint density at radius 1 is 1.35 bits per heavy atom. The van der Waals surface area contributed by atoms with E-state index in [0.717, 1.165) is 16.3 Å². The van der Waals surface area contributed by atoms with Crippen LogP contribution in [0.15, 0.2) is 42.2 Å². The Hall–Kier alpha value is -2.58. The summed E-state index contributed by atoms with van der Waals surface area (Å²) < 4.78 is 7.99. The summed E-state index contributed by atoms with van der Waals surface area (Å²) in [5.74, 6) is -0.0704. The van der Waals surface area contributed by atoms with Crippen LogP contribution in [0.1, 0.15) is 26.8 Å². The van der Waals surface area contributed by atoms with Crippen LogP contribution in [0.4, 0.5) is 0 Å².